The lowest BCUT2D eigenvalue weighted by Gasteiger charge is -2.05. The van der Waals surface area contributed by atoms with Crippen molar-refractivity contribution in [2.75, 3.05) is 6.54 Å². The molecule has 0 atom stereocenters. The number of nitrogens with one attached hydrogen (secondary N) is 1. The van der Waals surface area contributed by atoms with Gasteiger partial charge in [0.15, 0.2) is 0 Å². The molecule has 3 nitrogen and oxygen atoms in total. The van der Waals surface area contributed by atoms with Gasteiger partial charge in [-0.3, -0.25) is 4.99 Å². The zero-order valence-corrected chi connectivity index (χ0v) is 8.13. The Kier molecular flexibility index (Phi) is 4.07. The second-order valence-corrected chi connectivity index (χ2v) is 2.88. The van der Waals surface area contributed by atoms with Gasteiger partial charge in [-0.2, -0.15) is 0 Å². The van der Waals surface area contributed by atoms with Gasteiger partial charge in [-0.05, 0) is 30.7 Å². The highest BCUT2D eigenvalue weighted by Crippen LogP contribution is 2.03. The van der Waals surface area contributed by atoms with Crippen LogP contribution in [0.15, 0.2) is 29.3 Å². The normalized spacial score (nSPS) is 11.5. The van der Waals surface area contributed by atoms with E-state index < -0.39 is 0 Å². The average molecular weight is 195 g/mol. The molecule has 1 aromatic rings. The van der Waals surface area contributed by atoms with E-state index in [1.807, 2.05) is 6.92 Å². The summed E-state index contributed by atoms with van der Waals surface area (Å²) in [6, 6.07) is 6.05. The number of nitrogens with two attached hydrogens (primary N) is 1. The maximum Gasteiger partial charge on any atom is 0.142 e. The number of amidine groups is 1. The summed E-state index contributed by atoms with van der Waals surface area (Å²) in [4.78, 5) is 4.22. The molecule has 76 valence electrons. The maximum absolute atomic E-state index is 12.6. The van der Waals surface area contributed by atoms with Gasteiger partial charge in [-0.15, -0.1) is 0 Å². The summed E-state index contributed by atoms with van der Waals surface area (Å²) in [6.07, 6.45) is 0.951. The molecule has 3 N–H and O–H groups in total. The number of rotatable bonds is 3. The van der Waals surface area contributed by atoms with Crippen LogP contribution in [0.3, 0.4) is 0 Å². The molecule has 0 aliphatic rings. The van der Waals surface area contributed by atoms with E-state index in [1.165, 1.54) is 12.1 Å². The van der Waals surface area contributed by atoms with E-state index in [4.69, 9.17) is 5.84 Å². The number of hydrogen-bond acceptors (Lipinski definition) is 2. The molecule has 4 heteroatoms. The first-order chi connectivity index (χ1) is 6.77. The first-order valence-corrected chi connectivity index (χ1v) is 4.55. The molecule has 14 heavy (non-hydrogen) atoms. The molecule has 0 saturated heterocycles. The topological polar surface area (TPSA) is 50.4 Å². The van der Waals surface area contributed by atoms with Gasteiger partial charge < -0.3 is 5.43 Å². The van der Waals surface area contributed by atoms with Crippen LogP contribution in [0.5, 0.6) is 0 Å². The number of hydrogen-bond donors (Lipinski definition) is 2. The minimum atomic E-state index is -0.263. The van der Waals surface area contributed by atoms with Crippen LogP contribution in [-0.2, 0) is 0 Å². The molecule has 1 rings (SSSR count). The van der Waals surface area contributed by atoms with Crippen LogP contribution in [-0.4, -0.2) is 12.4 Å². The summed E-state index contributed by atoms with van der Waals surface area (Å²) in [6.45, 7) is 2.74. The molecule has 0 unspecified atom stereocenters. The minimum absolute atomic E-state index is 0.263. The van der Waals surface area contributed by atoms with E-state index in [0.29, 0.717) is 12.4 Å². The fraction of sp³-hybridized carbons (Fsp3) is 0.300. The van der Waals surface area contributed by atoms with Crippen molar-refractivity contribution in [3.8, 4) is 0 Å². The van der Waals surface area contributed by atoms with Crippen molar-refractivity contribution in [3.63, 3.8) is 0 Å². The predicted molar refractivity (Wildman–Crippen MR) is 55.4 cm³/mol. The van der Waals surface area contributed by atoms with Crippen molar-refractivity contribution in [1.82, 2.24) is 5.43 Å². The smallest absolute Gasteiger partial charge is 0.142 e. The lowest BCUT2D eigenvalue weighted by Crippen LogP contribution is -2.31. The Labute approximate surface area is 82.8 Å². The van der Waals surface area contributed by atoms with Crippen LogP contribution in [0.25, 0.3) is 0 Å². The van der Waals surface area contributed by atoms with Crippen molar-refractivity contribution < 1.29 is 4.39 Å². The van der Waals surface area contributed by atoms with Crippen molar-refractivity contribution in [3.05, 3.63) is 35.6 Å². The molecular formula is C10H14FN3. The summed E-state index contributed by atoms with van der Waals surface area (Å²) < 4.78 is 12.6. The van der Waals surface area contributed by atoms with Crippen molar-refractivity contribution >= 4 is 5.84 Å². The Morgan fingerprint density at radius 3 is 2.57 bits per heavy atom. The van der Waals surface area contributed by atoms with Gasteiger partial charge >= 0.3 is 0 Å². The highest BCUT2D eigenvalue weighted by molar-refractivity contribution is 5.98. The Balaban J connectivity index is 2.84. The SMILES string of the molecule is CCCN=C(NN)c1ccc(F)cc1. The van der Waals surface area contributed by atoms with Gasteiger partial charge in [-0.25, -0.2) is 10.2 Å². The average Bonchev–Trinajstić information content (AvgIpc) is 2.21. The van der Waals surface area contributed by atoms with Gasteiger partial charge in [0.1, 0.15) is 11.7 Å². The van der Waals surface area contributed by atoms with Crippen LogP contribution in [0.1, 0.15) is 18.9 Å². The molecule has 0 aliphatic carbocycles. The number of nitrogens with zero attached hydrogens (tertiary/aromatic N) is 1. The van der Waals surface area contributed by atoms with Crippen LogP contribution in [0.2, 0.25) is 0 Å². The van der Waals surface area contributed by atoms with Crippen LogP contribution in [0.4, 0.5) is 4.39 Å². The molecule has 0 spiro atoms. The largest absolute Gasteiger partial charge is 0.308 e. The lowest BCUT2D eigenvalue weighted by atomic mass is 10.2. The molecule has 0 fully saturated rings. The second-order valence-electron chi connectivity index (χ2n) is 2.88. The summed E-state index contributed by atoms with van der Waals surface area (Å²) >= 11 is 0. The highest BCUT2D eigenvalue weighted by Gasteiger charge is 2.00. The van der Waals surface area contributed by atoms with Crippen molar-refractivity contribution in [2.24, 2.45) is 10.8 Å². The predicted octanol–water partition coefficient (Wildman–Crippen LogP) is 1.45. The minimum Gasteiger partial charge on any atom is -0.308 e. The first-order valence-electron chi connectivity index (χ1n) is 4.55. The van der Waals surface area contributed by atoms with Gasteiger partial charge in [0.05, 0.1) is 0 Å². The van der Waals surface area contributed by atoms with Crippen LogP contribution < -0.4 is 11.3 Å². The molecule has 1 aromatic carbocycles. The standard InChI is InChI=1S/C10H14FN3/c1-2-7-13-10(14-12)8-3-5-9(11)6-4-8/h3-6H,2,7,12H2,1H3,(H,13,14). The van der Waals surface area contributed by atoms with Crippen molar-refractivity contribution in [1.29, 1.82) is 0 Å². The number of halogens is 1. The molecule has 0 saturated carbocycles. The Hall–Kier alpha value is -1.42. The fourth-order valence-electron chi connectivity index (χ4n) is 1.05. The zero-order chi connectivity index (χ0) is 10.4. The van der Waals surface area contributed by atoms with Crippen LogP contribution >= 0.6 is 0 Å². The molecule has 0 amide bonds. The van der Waals surface area contributed by atoms with Gasteiger partial charge in [-0.1, -0.05) is 6.92 Å². The summed E-state index contributed by atoms with van der Waals surface area (Å²) in [5.41, 5.74) is 3.29. The summed E-state index contributed by atoms with van der Waals surface area (Å²) in [7, 11) is 0. The Morgan fingerprint density at radius 1 is 1.43 bits per heavy atom. The number of aliphatic imine (C=N–C) groups is 1. The fourth-order valence-corrected chi connectivity index (χ4v) is 1.05. The third kappa shape index (κ3) is 2.81. The molecule has 0 aromatic heterocycles. The number of hydrazine groups is 1. The Bertz CT molecular complexity index is 306. The number of benzene rings is 1. The van der Waals surface area contributed by atoms with Gasteiger partial charge in [0, 0.05) is 12.1 Å². The van der Waals surface area contributed by atoms with E-state index in [0.717, 1.165) is 12.0 Å². The molecule has 0 bridgehead atoms. The Morgan fingerprint density at radius 2 is 2.07 bits per heavy atom. The van der Waals surface area contributed by atoms with E-state index >= 15 is 0 Å². The van der Waals surface area contributed by atoms with Gasteiger partial charge in [0.25, 0.3) is 0 Å². The molecule has 0 heterocycles. The highest BCUT2D eigenvalue weighted by atomic mass is 19.1. The van der Waals surface area contributed by atoms with Crippen molar-refractivity contribution in [2.45, 2.75) is 13.3 Å². The molecule has 0 radical (unpaired) electrons. The van der Waals surface area contributed by atoms with Gasteiger partial charge in [0.2, 0.25) is 0 Å². The molecule has 0 aliphatic heterocycles. The maximum atomic E-state index is 12.6. The third-order valence-corrected chi connectivity index (χ3v) is 1.75. The van der Waals surface area contributed by atoms with Crippen LogP contribution in [0, 0.1) is 5.82 Å². The first kappa shape index (κ1) is 10.7. The zero-order valence-electron chi connectivity index (χ0n) is 8.13. The van der Waals surface area contributed by atoms with E-state index in [9.17, 15) is 4.39 Å². The monoisotopic (exact) mass is 195 g/mol. The summed E-state index contributed by atoms with van der Waals surface area (Å²) in [5.74, 6) is 5.64. The van der Waals surface area contributed by atoms with E-state index in [1.54, 1.807) is 12.1 Å². The quantitative estimate of drug-likeness (QED) is 0.332. The third-order valence-electron chi connectivity index (χ3n) is 1.75. The van der Waals surface area contributed by atoms with E-state index in [2.05, 4.69) is 10.4 Å². The molecular weight excluding hydrogens is 181 g/mol. The lowest BCUT2D eigenvalue weighted by molar-refractivity contribution is 0.627. The second kappa shape index (κ2) is 5.34. The van der Waals surface area contributed by atoms with E-state index in [-0.39, 0.29) is 5.82 Å². The summed E-state index contributed by atoms with van der Waals surface area (Å²) in [5, 5.41) is 0.